The Bertz CT molecular complexity index is 748. The van der Waals surface area contributed by atoms with Crippen molar-refractivity contribution < 1.29 is 17.2 Å². The third-order valence-corrected chi connectivity index (χ3v) is 4.37. The number of rotatable bonds is 5. The first-order valence-electron chi connectivity index (χ1n) is 6.15. The van der Waals surface area contributed by atoms with Crippen LogP contribution in [0.25, 0.3) is 0 Å². The first-order chi connectivity index (χ1) is 9.94. The van der Waals surface area contributed by atoms with Gasteiger partial charge < -0.3 is 5.73 Å². The molecule has 0 amide bonds. The number of hydrogen-bond acceptors (Lipinski definition) is 3. The second-order valence-electron chi connectivity index (χ2n) is 4.38. The van der Waals surface area contributed by atoms with Crippen molar-refractivity contribution in [1.82, 2.24) is 4.72 Å². The summed E-state index contributed by atoms with van der Waals surface area (Å²) >= 11 is 0. The smallest absolute Gasteiger partial charge is 0.243 e. The SMILES string of the molecule is NCc1ccc(CNS(=O)(=O)c2ccccc2F)c(F)c1. The highest BCUT2D eigenvalue weighted by Crippen LogP contribution is 2.15. The van der Waals surface area contributed by atoms with Crippen LogP contribution in [0.5, 0.6) is 0 Å². The van der Waals surface area contributed by atoms with Crippen LogP contribution in [-0.4, -0.2) is 8.42 Å². The van der Waals surface area contributed by atoms with E-state index in [9.17, 15) is 17.2 Å². The topological polar surface area (TPSA) is 72.2 Å². The van der Waals surface area contributed by atoms with Gasteiger partial charge in [0.15, 0.2) is 0 Å². The van der Waals surface area contributed by atoms with Crippen molar-refractivity contribution in [3.63, 3.8) is 0 Å². The second kappa shape index (κ2) is 6.30. The number of halogens is 2. The van der Waals surface area contributed by atoms with E-state index < -0.39 is 26.6 Å². The maximum absolute atomic E-state index is 13.7. The van der Waals surface area contributed by atoms with Gasteiger partial charge in [-0.3, -0.25) is 0 Å². The largest absolute Gasteiger partial charge is 0.326 e. The summed E-state index contributed by atoms with van der Waals surface area (Å²) in [5.41, 5.74) is 6.15. The lowest BCUT2D eigenvalue weighted by Crippen LogP contribution is -2.24. The summed E-state index contributed by atoms with van der Waals surface area (Å²) in [4.78, 5) is -0.469. The molecule has 0 heterocycles. The molecule has 0 unspecified atom stereocenters. The summed E-state index contributed by atoms with van der Waals surface area (Å²) in [6, 6.07) is 9.29. The summed E-state index contributed by atoms with van der Waals surface area (Å²) in [7, 11) is -4.04. The predicted molar refractivity (Wildman–Crippen MR) is 74.7 cm³/mol. The fourth-order valence-electron chi connectivity index (χ4n) is 1.77. The number of nitrogens with one attached hydrogen (secondary N) is 1. The van der Waals surface area contributed by atoms with Crippen LogP contribution >= 0.6 is 0 Å². The maximum Gasteiger partial charge on any atom is 0.243 e. The van der Waals surface area contributed by atoms with E-state index in [0.29, 0.717) is 5.56 Å². The highest BCUT2D eigenvalue weighted by atomic mass is 32.2. The van der Waals surface area contributed by atoms with Gasteiger partial charge in [-0.1, -0.05) is 24.3 Å². The molecule has 0 aliphatic rings. The summed E-state index contributed by atoms with van der Waals surface area (Å²) < 4.78 is 53.3. The van der Waals surface area contributed by atoms with Gasteiger partial charge in [0.05, 0.1) is 0 Å². The van der Waals surface area contributed by atoms with Crippen molar-refractivity contribution in [2.75, 3.05) is 0 Å². The Kier molecular flexibility index (Phi) is 4.66. The Morgan fingerprint density at radius 1 is 1.05 bits per heavy atom. The Balaban J connectivity index is 2.18. The molecule has 21 heavy (non-hydrogen) atoms. The van der Waals surface area contributed by atoms with Gasteiger partial charge in [-0.2, -0.15) is 0 Å². The standard InChI is InChI=1S/C14H14F2N2O2S/c15-12-3-1-2-4-14(12)21(19,20)18-9-11-6-5-10(8-17)7-13(11)16/h1-7,18H,8-9,17H2. The van der Waals surface area contributed by atoms with Crippen LogP contribution in [0.1, 0.15) is 11.1 Å². The first-order valence-corrected chi connectivity index (χ1v) is 7.64. The van der Waals surface area contributed by atoms with Gasteiger partial charge in [-0.05, 0) is 23.8 Å². The molecule has 0 aliphatic carbocycles. The van der Waals surface area contributed by atoms with Crippen LogP contribution < -0.4 is 10.5 Å². The van der Waals surface area contributed by atoms with Gasteiger partial charge in [-0.15, -0.1) is 0 Å². The van der Waals surface area contributed by atoms with Crippen LogP contribution in [0.15, 0.2) is 47.4 Å². The predicted octanol–water partition coefficient (Wildman–Crippen LogP) is 1.90. The van der Waals surface area contributed by atoms with Crippen molar-refractivity contribution in [3.8, 4) is 0 Å². The van der Waals surface area contributed by atoms with E-state index in [4.69, 9.17) is 5.73 Å². The normalized spacial score (nSPS) is 11.6. The quantitative estimate of drug-likeness (QED) is 0.886. The van der Waals surface area contributed by atoms with Crippen LogP contribution in [0, 0.1) is 11.6 Å². The molecule has 2 aromatic rings. The number of sulfonamides is 1. The number of nitrogens with two attached hydrogens (primary N) is 1. The van der Waals surface area contributed by atoms with Crippen molar-refractivity contribution in [2.24, 2.45) is 5.73 Å². The third kappa shape index (κ3) is 3.63. The molecule has 3 N–H and O–H groups in total. The van der Waals surface area contributed by atoms with E-state index in [1.165, 1.54) is 24.3 Å². The molecular weight excluding hydrogens is 298 g/mol. The van der Waals surface area contributed by atoms with Crippen LogP contribution in [0.4, 0.5) is 8.78 Å². The van der Waals surface area contributed by atoms with Gasteiger partial charge in [0.2, 0.25) is 10.0 Å². The molecule has 0 saturated heterocycles. The van der Waals surface area contributed by atoms with E-state index >= 15 is 0 Å². The molecule has 0 saturated carbocycles. The van der Waals surface area contributed by atoms with E-state index in [1.807, 2.05) is 0 Å². The summed E-state index contributed by atoms with van der Waals surface area (Å²) in [6.07, 6.45) is 0. The number of benzene rings is 2. The monoisotopic (exact) mass is 312 g/mol. The molecule has 0 spiro atoms. The van der Waals surface area contributed by atoms with Crippen molar-refractivity contribution in [3.05, 3.63) is 65.2 Å². The van der Waals surface area contributed by atoms with Crippen molar-refractivity contribution in [1.29, 1.82) is 0 Å². The van der Waals surface area contributed by atoms with Crippen LogP contribution in [0.3, 0.4) is 0 Å². The van der Waals surface area contributed by atoms with Gasteiger partial charge >= 0.3 is 0 Å². The van der Waals surface area contributed by atoms with Crippen molar-refractivity contribution >= 4 is 10.0 Å². The highest BCUT2D eigenvalue weighted by molar-refractivity contribution is 7.89. The first kappa shape index (κ1) is 15.6. The molecule has 0 atom stereocenters. The number of hydrogen-bond donors (Lipinski definition) is 2. The molecule has 0 aliphatic heterocycles. The minimum Gasteiger partial charge on any atom is -0.326 e. The zero-order chi connectivity index (χ0) is 15.5. The zero-order valence-electron chi connectivity index (χ0n) is 11.0. The molecule has 0 aromatic heterocycles. The minimum absolute atomic E-state index is 0.159. The fraction of sp³-hybridized carbons (Fsp3) is 0.143. The average Bonchev–Trinajstić information content (AvgIpc) is 2.46. The van der Waals surface area contributed by atoms with Gasteiger partial charge in [0.1, 0.15) is 16.5 Å². The molecule has 7 heteroatoms. The minimum atomic E-state index is -4.04. The fourth-order valence-corrected chi connectivity index (χ4v) is 2.86. The lowest BCUT2D eigenvalue weighted by Gasteiger charge is -2.09. The van der Waals surface area contributed by atoms with Gasteiger partial charge in [0, 0.05) is 18.7 Å². The Morgan fingerprint density at radius 2 is 1.76 bits per heavy atom. The highest BCUT2D eigenvalue weighted by Gasteiger charge is 2.18. The van der Waals surface area contributed by atoms with E-state index in [2.05, 4.69) is 4.72 Å². The van der Waals surface area contributed by atoms with Gasteiger partial charge in [0.25, 0.3) is 0 Å². The summed E-state index contributed by atoms with van der Waals surface area (Å²) in [5, 5.41) is 0. The van der Waals surface area contributed by atoms with Crippen LogP contribution in [-0.2, 0) is 23.1 Å². The maximum atomic E-state index is 13.7. The van der Waals surface area contributed by atoms with Crippen LogP contribution in [0.2, 0.25) is 0 Å². The van der Waals surface area contributed by atoms with Gasteiger partial charge in [-0.25, -0.2) is 21.9 Å². The van der Waals surface area contributed by atoms with E-state index in [-0.39, 0.29) is 18.7 Å². The Hall–Kier alpha value is -1.83. The Morgan fingerprint density at radius 3 is 2.38 bits per heavy atom. The molecule has 0 fully saturated rings. The molecule has 112 valence electrons. The Labute approximate surface area is 121 Å². The second-order valence-corrected chi connectivity index (χ2v) is 6.12. The summed E-state index contributed by atoms with van der Waals surface area (Å²) in [6.45, 7) is -0.0779. The lowest BCUT2D eigenvalue weighted by atomic mass is 10.1. The zero-order valence-corrected chi connectivity index (χ0v) is 11.8. The van der Waals surface area contributed by atoms with E-state index in [0.717, 1.165) is 12.1 Å². The average molecular weight is 312 g/mol. The molecule has 0 bridgehead atoms. The molecule has 2 aromatic carbocycles. The molecule has 2 rings (SSSR count). The van der Waals surface area contributed by atoms with E-state index in [1.54, 1.807) is 6.07 Å². The molecular formula is C14H14F2N2O2S. The summed E-state index contributed by atoms with van der Waals surface area (Å²) in [5.74, 6) is -1.42. The van der Waals surface area contributed by atoms with Crippen molar-refractivity contribution in [2.45, 2.75) is 18.0 Å². The molecule has 0 radical (unpaired) electrons. The lowest BCUT2D eigenvalue weighted by molar-refractivity contribution is 0.553. The third-order valence-electron chi connectivity index (χ3n) is 2.93. The molecule has 4 nitrogen and oxygen atoms in total.